The summed E-state index contributed by atoms with van der Waals surface area (Å²) in [7, 11) is -3.48. The molecule has 3 unspecified atom stereocenters. The van der Waals surface area contributed by atoms with Crippen LogP contribution in [0.3, 0.4) is 0 Å². The van der Waals surface area contributed by atoms with Gasteiger partial charge in [-0.3, -0.25) is 0 Å². The monoisotopic (exact) mass is 1980 g/mol. The van der Waals surface area contributed by atoms with E-state index in [1.54, 1.807) is 84.9 Å². The van der Waals surface area contributed by atoms with Crippen molar-refractivity contribution in [3.63, 3.8) is 0 Å². The van der Waals surface area contributed by atoms with Crippen LogP contribution in [0.2, 0.25) is 0 Å². The van der Waals surface area contributed by atoms with Crippen LogP contribution < -0.4 is 0 Å². The third kappa shape index (κ3) is 28.2. The van der Waals surface area contributed by atoms with Crippen molar-refractivity contribution in [1.29, 1.82) is 0 Å². The van der Waals surface area contributed by atoms with Crippen molar-refractivity contribution in [2.24, 2.45) is 11.3 Å². The Labute approximate surface area is 864 Å². The first-order chi connectivity index (χ1) is 69.1. The predicted molar refractivity (Wildman–Crippen MR) is 591 cm³/mol. The summed E-state index contributed by atoms with van der Waals surface area (Å²) in [5.41, 5.74) is 25.0. The first-order valence-corrected chi connectivity index (χ1v) is 51.8. The van der Waals surface area contributed by atoms with E-state index in [1.807, 2.05) is 86.6 Å². The first-order valence-electron chi connectivity index (χ1n) is 50.3. The molecule has 3 atom stereocenters. The van der Waals surface area contributed by atoms with Gasteiger partial charge in [-0.2, -0.15) is 13.2 Å². The van der Waals surface area contributed by atoms with E-state index in [4.69, 9.17) is 10.2 Å². The lowest BCUT2D eigenvalue weighted by molar-refractivity contribution is -0.141. The Morgan fingerprint density at radius 3 is 0.863 bits per heavy atom. The molecule has 0 aliphatic heterocycles. The summed E-state index contributed by atoms with van der Waals surface area (Å²) in [4.78, 5) is 0.438. The van der Waals surface area contributed by atoms with Gasteiger partial charge in [0, 0.05) is 38.9 Å². The largest absolute Gasteiger partial charge is 0.508 e. The second kappa shape index (κ2) is 47.7. The van der Waals surface area contributed by atoms with E-state index in [0.717, 1.165) is 28.7 Å². The van der Waals surface area contributed by atoms with Crippen molar-refractivity contribution >= 4 is 9.84 Å². The third-order valence-electron chi connectivity index (χ3n) is 29.3. The van der Waals surface area contributed by atoms with Crippen molar-refractivity contribution in [2.45, 2.75) is 230 Å². The zero-order chi connectivity index (χ0) is 106. The van der Waals surface area contributed by atoms with Crippen molar-refractivity contribution in [3.05, 3.63) is 511 Å². The Morgan fingerprint density at radius 2 is 0.541 bits per heavy atom. The minimum absolute atomic E-state index is 0.0328. The molecule has 18 rings (SSSR count). The molecule has 2 fully saturated rings. The van der Waals surface area contributed by atoms with Gasteiger partial charge in [-0.1, -0.05) is 408 Å². The highest BCUT2D eigenvalue weighted by Gasteiger charge is 2.46. The number of rotatable bonds is 18. The van der Waals surface area contributed by atoms with E-state index in [2.05, 4.69) is 274 Å². The average Bonchev–Trinajstić information content (AvgIpc) is 0.743. The van der Waals surface area contributed by atoms with Crippen LogP contribution in [0.25, 0.3) is 0 Å². The fourth-order valence-corrected chi connectivity index (χ4v) is 21.6. The van der Waals surface area contributed by atoms with Gasteiger partial charge in [0.1, 0.15) is 51.9 Å². The highest BCUT2D eigenvalue weighted by atomic mass is 32.2. The number of sulfone groups is 1. The van der Waals surface area contributed by atoms with Crippen LogP contribution >= 0.6 is 0 Å². The van der Waals surface area contributed by atoms with Crippen LogP contribution in [-0.4, -0.2) is 55.4 Å². The zero-order valence-corrected chi connectivity index (χ0v) is 88.2. The van der Waals surface area contributed by atoms with Crippen LogP contribution in [0.4, 0.5) is 13.2 Å². The number of phenols is 8. The van der Waals surface area contributed by atoms with Gasteiger partial charge in [0.2, 0.25) is 9.84 Å². The number of hydrogen-bond donors (Lipinski definition) is 8. The Balaban J connectivity index is 0.000000153. The molecule has 0 heterocycles. The fraction of sp³-hybridized carbons (Fsp3) is 0.273. The highest BCUT2D eigenvalue weighted by Crippen LogP contribution is 2.55. The molecule has 2 saturated carbocycles. The van der Waals surface area contributed by atoms with E-state index in [1.165, 1.54) is 195 Å². The number of phenolic OH excluding ortho intramolecular Hbond substituents is 8. The molecule has 0 saturated heterocycles. The minimum atomic E-state index is -4.37. The van der Waals surface area contributed by atoms with Crippen molar-refractivity contribution < 1.29 is 62.4 Å². The fourth-order valence-electron chi connectivity index (χ4n) is 20.3. The molecule has 2 aliphatic carbocycles. The van der Waals surface area contributed by atoms with E-state index in [-0.39, 0.29) is 76.4 Å². The molecule has 0 spiro atoms. The van der Waals surface area contributed by atoms with E-state index < -0.39 is 21.9 Å². The molecule has 16 aromatic carbocycles. The maximum Gasteiger partial charge on any atom is 0.399 e. The number of aromatic hydroxyl groups is 8. The summed E-state index contributed by atoms with van der Waals surface area (Å²) in [5.74, 6) is 0.851. The van der Waals surface area contributed by atoms with Crippen LogP contribution in [0.1, 0.15) is 256 Å². The van der Waals surface area contributed by atoms with Gasteiger partial charge in [-0.25, -0.2) is 8.42 Å². The lowest BCUT2D eigenvalue weighted by atomic mass is 9.55. The topological polar surface area (TPSA) is 196 Å². The summed E-state index contributed by atoms with van der Waals surface area (Å²) >= 11 is 0. The second-order valence-corrected chi connectivity index (χ2v) is 44.6. The predicted octanol–water partition coefficient (Wildman–Crippen LogP) is 33.1. The Bertz CT molecular complexity index is 6590. The van der Waals surface area contributed by atoms with Crippen molar-refractivity contribution in [1.82, 2.24) is 0 Å². The number of hydrogen-bond acceptors (Lipinski definition) is 10. The molecule has 14 heteroatoms. The van der Waals surface area contributed by atoms with Gasteiger partial charge >= 0.3 is 6.18 Å². The van der Waals surface area contributed by atoms with Crippen LogP contribution in [0, 0.1) is 52.9 Å². The third-order valence-corrected chi connectivity index (χ3v) is 31.1. The quantitative estimate of drug-likeness (QED) is 0.0409. The Kier molecular flexibility index (Phi) is 36.1. The number of benzene rings is 16. The molecule has 146 heavy (non-hydrogen) atoms. The second-order valence-electron chi connectivity index (χ2n) is 42.6. The molecule has 0 radical (unpaired) electrons. The molecule has 0 amide bonds. The zero-order valence-electron chi connectivity index (χ0n) is 87.4. The average molecular weight is 1980 g/mol. The minimum Gasteiger partial charge on any atom is -0.508 e. The number of halogens is 3. The lowest BCUT2D eigenvalue weighted by Crippen LogP contribution is -2.41. The van der Waals surface area contributed by atoms with Gasteiger partial charge in [0.25, 0.3) is 0 Å². The van der Waals surface area contributed by atoms with Crippen molar-refractivity contribution in [2.75, 3.05) is 0 Å². The maximum absolute atomic E-state index is 13.2. The lowest BCUT2D eigenvalue weighted by Gasteiger charge is -2.48. The molecule has 10 nitrogen and oxygen atoms in total. The van der Waals surface area contributed by atoms with E-state index in [0.29, 0.717) is 40.8 Å². The first kappa shape index (κ1) is 110. The SMILES string of the molecule is Cc1ccc(C(C)(C)c2ccc(C(C)(C)c3ccc(O)cc3)cc2)cc1.Cc1ccc(C(C)(C)c2cccc(C(C)(C)c3ccc(O)cc3)c2)cc1.Cc1ccc(C(c2ccc(O)cc2)C(F)(F)F)cc1.Cc1ccc(C2(c3ccc(O)cc3)CC(C)CC(C)(C)C2)cc1.Cc1ccc(C2(c3ccc(O)cc3)CCCCC2)cc1.Cc1ccc(S(=O)(=O)c2ccc(O)cc2)cc1.Oc1ccccc1Cc1ccccc1O. The summed E-state index contributed by atoms with van der Waals surface area (Å²) in [6, 6.07) is 122. The van der Waals surface area contributed by atoms with Gasteiger partial charge in [0.15, 0.2) is 0 Å². The van der Waals surface area contributed by atoms with Gasteiger partial charge in [-0.05, 0) is 283 Å². The summed E-state index contributed by atoms with van der Waals surface area (Å²) in [6.07, 6.45) is 6.10. The smallest absolute Gasteiger partial charge is 0.399 e. The molecular weight excluding hydrogens is 1830 g/mol. The molecule has 2 aliphatic rings. The molecule has 8 N–H and O–H groups in total. The van der Waals surface area contributed by atoms with Crippen LogP contribution in [0.15, 0.2) is 398 Å². The summed E-state index contributed by atoms with van der Waals surface area (Å²) in [6.45, 7) is 37.4. The molecule has 16 aromatic rings. The standard InChI is InChI=1S/2C25H28O.C22H28O.C19H22O.C15H13F3O.C13H12O3S.C13H12O2/c1-18-6-8-19(9-7-18)24(2,3)20-10-12-21(13-11-20)25(4,5)22-14-16-23(26)17-15-22;1-18-9-11-19(12-10-18)24(2,3)21-7-6-8-22(17-21)25(4,5)20-13-15-23(26)16-14-20;1-16-5-7-18(8-6-16)22(19-9-11-20(23)12-10-19)14-17(2)13-21(3,4)15-22;1-15-5-7-16(8-6-15)19(13-3-2-4-14-19)17-9-11-18(20)12-10-17;1-10-2-4-11(5-3-10)14(15(16,17)18)12-6-8-13(19)9-7-12;1-10-2-6-12(7-3-10)17(15,16)13-8-4-11(14)5-9-13;14-12-7-3-1-5-10(12)9-11-6-2-4-8-13(11)15/h2*6-17,26H,1-5H3;5-12,17,23H,13-15H2,1-4H3;5-12,20H,2-4,13-14H2,1H3;2-9,14,19H,1H3;2-9,14H,1H3;1-8,14-15H,9H2. The van der Waals surface area contributed by atoms with Gasteiger partial charge < -0.3 is 40.9 Å². The van der Waals surface area contributed by atoms with Crippen LogP contribution in [0.5, 0.6) is 46.0 Å². The van der Waals surface area contributed by atoms with Gasteiger partial charge in [-0.15, -0.1) is 0 Å². The number of alkyl halides is 3. The molecule has 0 bridgehead atoms. The van der Waals surface area contributed by atoms with E-state index in [9.17, 15) is 52.2 Å². The maximum atomic E-state index is 13.2. The summed E-state index contributed by atoms with van der Waals surface area (Å²) in [5, 5.41) is 75.8. The normalized spacial score (nSPS) is 15.1. The van der Waals surface area contributed by atoms with E-state index >= 15 is 0 Å². The van der Waals surface area contributed by atoms with Crippen molar-refractivity contribution in [3.8, 4) is 46.0 Å². The number of aryl methyl sites for hydroxylation is 6. The summed E-state index contributed by atoms with van der Waals surface area (Å²) < 4.78 is 64.0. The highest BCUT2D eigenvalue weighted by molar-refractivity contribution is 7.91. The molecule has 758 valence electrons. The number of para-hydroxylation sites is 2. The Morgan fingerprint density at radius 1 is 0.295 bits per heavy atom. The van der Waals surface area contributed by atoms with Gasteiger partial charge in [0.05, 0.1) is 9.79 Å². The molecule has 0 aromatic heterocycles. The Hall–Kier alpha value is -14.3. The molecular formula is C132H143F3O10S. The van der Waals surface area contributed by atoms with Crippen LogP contribution in [-0.2, 0) is 48.7 Å².